The first-order valence-electron chi connectivity index (χ1n) is 13.4. The van der Waals surface area contributed by atoms with E-state index in [0.29, 0.717) is 24.4 Å². The second-order valence-corrected chi connectivity index (χ2v) is 12.6. The van der Waals surface area contributed by atoms with Crippen LogP contribution in [0.3, 0.4) is 0 Å². The highest BCUT2D eigenvalue weighted by molar-refractivity contribution is 7.89. The molecule has 0 spiro atoms. The summed E-state index contributed by atoms with van der Waals surface area (Å²) in [7, 11) is -3.77. The van der Waals surface area contributed by atoms with E-state index in [4.69, 9.17) is 5.10 Å². The molecule has 204 valence electrons. The molecular weight excluding hydrogens is 507 g/mol. The van der Waals surface area contributed by atoms with Crippen LogP contribution < -0.4 is 9.62 Å². The third-order valence-electron chi connectivity index (χ3n) is 7.41. The van der Waals surface area contributed by atoms with Crippen LogP contribution in [0.2, 0.25) is 0 Å². The zero-order valence-electron chi connectivity index (χ0n) is 22.2. The fourth-order valence-electron chi connectivity index (χ4n) is 5.58. The zero-order chi connectivity index (χ0) is 27.0. The summed E-state index contributed by atoms with van der Waals surface area (Å²) >= 11 is 0. The van der Waals surface area contributed by atoms with Gasteiger partial charge in [-0.1, -0.05) is 33.1 Å². The van der Waals surface area contributed by atoms with Crippen molar-refractivity contribution in [3.8, 4) is 11.1 Å². The molecule has 0 radical (unpaired) electrons. The van der Waals surface area contributed by atoms with Gasteiger partial charge in [0.15, 0.2) is 5.65 Å². The Morgan fingerprint density at radius 3 is 2.53 bits per heavy atom. The first kappa shape index (κ1) is 26.5. The molecule has 2 aliphatic rings. The van der Waals surface area contributed by atoms with Gasteiger partial charge in [-0.25, -0.2) is 32.2 Å². The van der Waals surface area contributed by atoms with E-state index in [2.05, 4.69) is 23.8 Å². The van der Waals surface area contributed by atoms with Crippen LogP contribution in [0.1, 0.15) is 86.9 Å². The standard InChI is InChI=1S/C27H35FN6O3S/c1-17(2)25-24-21(18-11-12-23(29-15-18)33-13-7-8-19(28)16-33)14-22(27(35)32-38(3,36)37)30-26(24)34(31-25)20-9-5-4-6-10-20/h11-12,14-15,17,19-20H,4-10,13,16H2,1-3H3,(H,32,35). The van der Waals surface area contributed by atoms with Crippen molar-refractivity contribution in [1.82, 2.24) is 24.5 Å². The smallest absolute Gasteiger partial charge is 0.283 e. The molecule has 38 heavy (non-hydrogen) atoms. The van der Waals surface area contributed by atoms with Gasteiger partial charge in [0.2, 0.25) is 10.0 Å². The summed E-state index contributed by atoms with van der Waals surface area (Å²) in [5.41, 5.74) is 2.94. The Kier molecular flexibility index (Phi) is 7.39. The second-order valence-electron chi connectivity index (χ2n) is 10.8. The third kappa shape index (κ3) is 5.52. The molecule has 1 saturated carbocycles. The van der Waals surface area contributed by atoms with E-state index in [1.54, 1.807) is 12.3 Å². The van der Waals surface area contributed by atoms with Gasteiger partial charge in [0.1, 0.15) is 17.7 Å². The summed E-state index contributed by atoms with van der Waals surface area (Å²) in [6.45, 7) is 5.24. The number of pyridine rings is 2. The number of hydrogen-bond acceptors (Lipinski definition) is 7. The molecule has 3 aromatic heterocycles. The lowest BCUT2D eigenvalue weighted by Gasteiger charge is -2.30. The van der Waals surface area contributed by atoms with Crippen LogP contribution in [0, 0.1) is 0 Å². The summed E-state index contributed by atoms with van der Waals surface area (Å²) in [4.78, 5) is 24.2. The molecule has 2 fully saturated rings. The van der Waals surface area contributed by atoms with E-state index in [1.807, 2.05) is 26.4 Å². The molecule has 5 rings (SSSR count). The van der Waals surface area contributed by atoms with Gasteiger partial charge < -0.3 is 4.90 Å². The van der Waals surface area contributed by atoms with Crippen molar-refractivity contribution in [2.45, 2.75) is 76.9 Å². The van der Waals surface area contributed by atoms with E-state index >= 15 is 0 Å². The van der Waals surface area contributed by atoms with Crippen molar-refractivity contribution in [2.24, 2.45) is 0 Å². The summed E-state index contributed by atoms with van der Waals surface area (Å²) in [6, 6.07) is 5.58. The molecule has 4 heterocycles. The molecule has 3 aromatic rings. The zero-order valence-corrected chi connectivity index (χ0v) is 23.0. The van der Waals surface area contributed by atoms with Gasteiger partial charge in [0.25, 0.3) is 5.91 Å². The summed E-state index contributed by atoms with van der Waals surface area (Å²) in [5.74, 6) is 0.0177. The van der Waals surface area contributed by atoms with Gasteiger partial charge in [-0.15, -0.1) is 0 Å². The Labute approximate surface area is 222 Å². The molecule has 9 nitrogen and oxygen atoms in total. The Morgan fingerprint density at radius 2 is 1.89 bits per heavy atom. The Balaban J connectivity index is 1.66. The largest absolute Gasteiger partial charge is 0.354 e. The van der Waals surface area contributed by atoms with Gasteiger partial charge in [0.05, 0.1) is 29.9 Å². The molecule has 1 N–H and O–H groups in total. The summed E-state index contributed by atoms with van der Waals surface area (Å²) in [5, 5.41) is 5.85. The van der Waals surface area contributed by atoms with Crippen molar-refractivity contribution < 1.29 is 17.6 Å². The predicted molar refractivity (Wildman–Crippen MR) is 146 cm³/mol. The predicted octanol–water partition coefficient (Wildman–Crippen LogP) is 4.75. The summed E-state index contributed by atoms with van der Waals surface area (Å²) in [6.07, 6.45) is 8.52. The molecule has 1 saturated heterocycles. The van der Waals surface area contributed by atoms with Crippen LogP contribution in [0.25, 0.3) is 22.2 Å². The SMILES string of the molecule is CC(C)c1nn(C2CCCCC2)c2nc(C(=O)NS(C)(=O)=O)cc(-c3ccc(N4CCCC(F)C4)nc3)c12. The van der Waals surface area contributed by atoms with Gasteiger partial charge in [-0.05, 0) is 55.4 Å². The minimum absolute atomic E-state index is 0.00516. The molecule has 1 unspecified atom stereocenters. The number of amides is 1. The number of alkyl halides is 1. The van der Waals surface area contributed by atoms with Gasteiger partial charge in [0, 0.05) is 18.3 Å². The minimum Gasteiger partial charge on any atom is -0.354 e. The minimum atomic E-state index is -3.77. The highest BCUT2D eigenvalue weighted by Crippen LogP contribution is 2.38. The lowest BCUT2D eigenvalue weighted by Crippen LogP contribution is -2.36. The number of hydrogen-bond donors (Lipinski definition) is 1. The molecule has 1 aliphatic heterocycles. The number of nitrogens with zero attached hydrogens (tertiary/aromatic N) is 5. The third-order valence-corrected chi connectivity index (χ3v) is 7.97. The Hall–Kier alpha value is -3.08. The maximum Gasteiger partial charge on any atom is 0.283 e. The van der Waals surface area contributed by atoms with Crippen LogP contribution >= 0.6 is 0 Å². The van der Waals surface area contributed by atoms with Gasteiger partial charge in [-0.2, -0.15) is 5.10 Å². The normalized spacial score (nSPS) is 19.3. The number of carbonyl (C=O) groups is 1. The van der Waals surface area contributed by atoms with E-state index in [9.17, 15) is 17.6 Å². The van der Waals surface area contributed by atoms with Crippen LogP contribution in [0.15, 0.2) is 24.4 Å². The van der Waals surface area contributed by atoms with Gasteiger partial charge >= 0.3 is 0 Å². The molecular formula is C27H35FN6O3S. The van der Waals surface area contributed by atoms with E-state index < -0.39 is 22.1 Å². The number of fused-ring (bicyclic) bond motifs is 1. The van der Waals surface area contributed by atoms with E-state index in [1.165, 1.54) is 6.42 Å². The van der Waals surface area contributed by atoms with Crippen molar-refractivity contribution in [3.05, 3.63) is 35.8 Å². The number of piperidine rings is 1. The Bertz CT molecular complexity index is 1430. The first-order valence-corrected chi connectivity index (χ1v) is 15.3. The number of rotatable bonds is 6. The fourth-order valence-corrected chi connectivity index (χ4v) is 6.02. The topological polar surface area (TPSA) is 110 Å². The quantitative estimate of drug-likeness (QED) is 0.479. The van der Waals surface area contributed by atoms with Gasteiger partial charge in [-0.3, -0.25) is 4.79 Å². The highest BCUT2D eigenvalue weighted by atomic mass is 32.2. The number of sulfonamides is 1. The molecule has 1 atom stereocenters. The lowest BCUT2D eigenvalue weighted by molar-refractivity contribution is 0.0977. The van der Waals surface area contributed by atoms with E-state index in [-0.39, 0.29) is 17.7 Å². The number of aromatic nitrogens is 4. The second kappa shape index (κ2) is 10.6. The monoisotopic (exact) mass is 542 g/mol. The van der Waals surface area contributed by atoms with Crippen LogP contribution in [-0.4, -0.2) is 59.6 Å². The number of carbonyl (C=O) groups excluding carboxylic acids is 1. The van der Waals surface area contributed by atoms with Crippen molar-refractivity contribution >= 4 is 32.8 Å². The van der Waals surface area contributed by atoms with Crippen molar-refractivity contribution in [3.63, 3.8) is 0 Å². The highest BCUT2D eigenvalue weighted by Gasteiger charge is 2.27. The Morgan fingerprint density at radius 1 is 1.13 bits per heavy atom. The molecule has 11 heteroatoms. The average molecular weight is 543 g/mol. The maximum atomic E-state index is 14.0. The fraction of sp³-hybridized carbons (Fsp3) is 0.556. The maximum absolute atomic E-state index is 14.0. The van der Waals surface area contributed by atoms with Crippen molar-refractivity contribution in [1.29, 1.82) is 0 Å². The number of halogens is 1. The molecule has 1 amide bonds. The lowest BCUT2D eigenvalue weighted by atomic mass is 9.95. The first-order chi connectivity index (χ1) is 18.1. The molecule has 1 aliphatic carbocycles. The van der Waals surface area contributed by atoms with E-state index in [0.717, 1.165) is 67.1 Å². The van der Waals surface area contributed by atoms with Crippen LogP contribution in [-0.2, 0) is 10.0 Å². The van der Waals surface area contributed by atoms with Crippen LogP contribution in [0.5, 0.6) is 0 Å². The van der Waals surface area contributed by atoms with Crippen molar-refractivity contribution in [2.75, 3.05) is 24.2 Å². The molecule has 0 bridgehead atoms. The summed E-state index contributed by atoms with van der Waals surface area (Å²) < 4.78 is 41.6. The molecule has 0 aromatic carbocycles. The van der Waals surface area contributed by atoms with Crippen LogP contribution in [0.4, 0.5) is 10.2 Å². The average Bonchev–Trinajstić information content (AvgIpc) is 3.28. The number of anilines is 1. The number of nitrogens with one attached hydrogen (secondary N) is 1.